The molecule has 13 heteroatoms. The number of nitrogens with zero attached hydrogens (tertiary/aromatic N) is 3. The Morgan fingerprint density at radius 1 is 0.700 bits per heavy atom. The number of halogens is 4. The Bertz CT molecular complexity index is 2200. The van der Waals surface area contributed by atoms with E-state index in [1.165, 1.54) is 52.8 Å². The SMILES string of the molecule is COc1ccc(CN(Cc2ccc(OC)cc2)S(=O)(=O)c2cccc(Oc3ccc(F)c(-c4ncnc5c(C(F)(F)F)cccc45)c3)c2)cc1. The maximum absolute atomic E-state index is 15.2. The number of sulfonamides is 1. The molecule has 0 aliphatic carbocycles. The molecule has 0 aliphatic heterocycles. The highest BCUT2D eigenvalue weighted by Gasteiger charge is 2.34. The summed E-state index contributed by atoms with van der Waals surface area (Å²) in [5, 5.41) is 0.000257. The number of alkyl halides is 3. The summed E-state index contributed by atoms with van der Waals surface area (Å²) in [5.41, 5.74) is -0.0707. The van der Waals surface area contributed by atoms with Gasteiger partial charge in [0.1, 0.15) is 35.1 Å². The Labute approximate surface area is 285 Å². The topological polar surface area (TPSA) is 90.9 Å². The maximum Gasteiger partial charge on any atom is 0.418 e. The summed E-state index contributed by atoms with van der Waals surface area (Å²) in [7, 11) is -1.03. The summed E-state index contributed by atoms with van der Waals surface area (Å²) in [6.45, 7) is 0.0986. The van der Waals surface area contributed by atoms with Crippen molar-refractivity contribution < 1.29 is 40.2 Å². The third-order valence-electron chi connectivity index (χ3n) is 7.88. The monoisotopic (exact) mass is 703 g/mol. The second-order valence-electron chi connectivity index (χ2n) is 11.1. The van der Waals surface area contributed by atoms with Crippen molar-refractivity contribution in [2.24, 2.45) is 0 Å². The highest BCUT2D eigenvalue weighted by Crippen LogP contribution is 2.38. The smallest absolute Gasteiger partial charge is 0.418 e. The average molecular weight is 704 g/mol. The van der Waals surface area contributed by atoms with Crippen LogP contribution in [0.2, 0.25) is 0 Å². The number of hydrogen-bond donors (Lipinski definition) is 0. The van der Waals surface area contributed by atoms with Gasteiger partial charge in [0.15, 0.2) is 0 Å². The van der Waals surface area contributed by atoms with E-state index in [0.717, 1.165) is 29.6 Å². The molecule has 5 aromatic carbocycles. The van der Waals surface area contributed by atoms with Crippen LogP contribution in [0.1, 0.15) is 16.7 Å². The van der Waals surface area contributed by atoms with Crippen LogP contribution >= 0.6 is 0 Å². The lowest BCUT2D eigenvalue weighted by atomic mass is 10.0. The van der Waals surface area contributed by atoms with Crippen molar-refractivity contribution in [2.45, 2.75) is 24.2 Å². The van der Waals surface area contributed by atoms with Crippen LogP contribution in [0, 0.1) is 5.82 Å². The zero-order valence-corrected chi connectivity index (χ0v) is 27.5. The van der Waals surface area contributed by atoms with Gasteiger partial charge < -0.3 is 14.2 Å². The quantitative estimate of drug-likeness (QED) is 0.125. The fourth-order valence-corrected chi connectivity index (χ4v) is 6.81. The van der Waals surface area contributed by atoms with E-state index in [9.17, 15) is 21.6 Å². The minimum atomic E-state index is -4.68. The van der Waals surface area contributed by atoms with Gasteiger partial charge >= 0.3 is 6.18 Å². The van der Waals surface area contributed by atoms with Crippen LogP contribution in [0.15, 0.2) is 120 Å². The summed E-state index contributed by atoms with van der Waals surface area (Å²) in [4.78, 5) is 7.85. The molecular formula is C37H29F4N3O5S. The molecule has 50 heavy (non-hydrogen) atoms. The van der Waals surface area contributed by atoms with Gasteiger partial charge in [0.2, 0.25) is 10.0 Å². The van der Waals surface area contributed by atoms with E-state index in [1.54, 1.807) is 62.8 Å². The lowest BCUT2D eigenvalue weighted by Crippen LogP contribution is -2.30. The van der Waals surface area contributed by atoms with Gasteiger partial charge in [0, 0.05) is 30.1 Å². The van der Waals surface area contributed by atoms with Crippen LogP contribution in [0.3, 0.4) is 0 Å². The molecule has 1 heterocycles. The molecule has 0 spiro atoms. The average Bonchev–Trinajstić information content (AvgIpc) is 3.12. The first-order chi connectivity index (χ1) is 24.0. The molecule has 6 aromatic rings. The summed E-state index contributed by atoms with van der Waals surface area (Å²) < 4.78 is 102. The number of para-hydroxylation sites is 1. The molecule has 0 bridgehead atoms. The number of fused-ring (bicyclic) bond motifs is 1. The Morgan fingerprint density at radius 3 is 1.88 bits per heavy atom. The number of rotatable bonds is 11. The van der Waals surface area contributed by atoms with Gasteiger partial charge in [-0.05, 0) is 71.8 Å². The van der Waals surface area contributed by atoms with Gasteiger partial charge in [0.25, 0.3) is 0 Å². The Balaban J connectivity index is 1.32. The van der Waals surface area contributed by atoms with Crippen LogP contribution in [0.25, 0.3) is 22.2 Å². The van der Waals surface area contributed by atoms with Crippen molar-refractivity contribution in [1.29, 1.82) is 0 Å². The molecule has 0 radical (unpaired) electrons. The van der Waals surface area contributed by atoms with Gasteiger partial charge in [-0.25, -0.2) is 22.8 Å². The third kappa shape index (κ3) is 7.38. The molecule has 6 rings (SSSR count). The van der Waals surface area contributed by atoms with Crippen molar-refractivity contribution in [3.8, 4) is 34.3 Å². The predicted octanol–water partition coefficient (Wildman–Crippen LogP) is 8.66. The van der Waals surface area contributed by atoms with E-state index in [-0.39, 0.29) is 51.6 Å². The third-order valence-corrected chi connectivity index (χ3v) is 9.67. The summed E-state index contributed by atoms with van der Waals surface area (Å²) in [6.07, 6.45) is -3.74. The molecule has 0 unspecified atom stereocenters. The van der Waals surface area contributed by atoms with Gasteiger partial charge in [-0.1, -0.05) is 42.5 Å². The summed E-state index contributed by atoms with van der Waals surface area (Å²) in [6, 6.07) is 27.2. The Kier molecular flexibility index (Phi) is 9.71. The Hall–Kier alpha value is -5.53. The van der Waals surface area contributed by atoms with E-state index in [2.05, 4.69) is 9.97 Å². The highest BCUT2D eigenvalue weighted by molar-refractivity contribution is 7.89. The highest BCUT2D eigenvalue weighted by atomic mass is 32.2. The molecule has 0 amide bonds. The van der Waals surface area contributed by atoms with Crippen LogP contribution in [0.4, 0.5) is 17.6 Å². The van der Waals surface area contributed by atoms with Crippen LogP contribution in [-0.2, 0) is 29.3 Å². The van der Waals surface area contributed by atoms with Crippen molar-refractivity contribution >= 4 is 20.9 Å². The van der Waals surface area contributed by atoms with Crippen LogP contribution < -0.4 is 14.2 Å². The summed E-state index contributed by atoms with van der Waals surface area (Å²) in [5.74, 6) is 0.739. The van der Waals surface area contributed by atoms with Crippen LogP contribution in [0.5, 0.6) is 23.0 Å². The molecule has 256 valence electrons. The van der Waals surface area contributed by atoms with E-state index >= 15 is 4.39 Å². The first kappa shape index (κ1) is 34.3. The molecule has 0 saturated carbocycles. The number of hydrogen-bond acceptors (Lipinski definition) is 7. The van der Waals surface area contributed by atoms with Crippen molar-refractivity contribution in [2.75, 3.05) is 14.2 Å². The normalized spacial score (nSPS) is 11.9. The van der Waals surface area contributed by atoms with Gasteiger partial charge in [-0.15, -0.1) is 0 Å². The molecule has 1 aromatic heterocycles. The molecule has 0 fully saturated rings. The molecule has 0 saturated heterocycles. The fourth-order valence-electron chi connectivity index (χ4n) is 5.36. The van der Waals surface area contributed by atoms with E-state index in [1.807, 2.05) is 0 Å². The number of ether oxygens (including phenoxy) is 3. The second-order valence-corrected chi connectivity index (χ2v) is 13.0. The number of methoxy groups -OCH3 is 2. The second kappa shape index (κ2) is 14.1. The first-order valence-corrected chi connectivity index (χ1v) is 16.5. The lowest BCUT2D eigenvalue weighted by Gasteiger charge is -2.23. The molecule has 8 nitrogen and oxygen atoms in total. The Morgan fingerprint density at radius 2 is 1.28 bits per heavy atom. The standard InChI is InChI=1S/C37H29F4N3O5S/c1-47-26-13-9-24(10-14-26)21-44(22-25-11-15-27(48-2)16-12-25)50(45,46)30-6-3-5-28(19-30)49-29-17-18-34(38)32(20-29)35-31-7-4-8-33(37(39,40)41)36(31)43-23-42-35/h3-20,23H,21-22H2,1-2H3. The molecule has 0 aliphatic rings. The van der Waals surface area contributed by atoms with Crippen LogP contribution in [-0.4, -0.2) is 36.9 Å². The van der Waals surface area contributed by atoms with Gasteiger partial charge in [-0.3, -0.25) is 0 Å². The molecular weight excluding hydrogens is 674 g/mol. The van der Waals surface area contributed by atoms with E-state index in [0.29, 0.717) is 11.5 Å². The maximum atomic E-state index is 15.2. The number of aromatic nitrogens is 2. The molecule has 0 N–H and O–H groups in total. The summed E-state index contributed by atoms with van der Waals surface area (Å²) >= 11 is 0. The van der Waals surface area contributed by atoms with Gasteiger partial charge in [0.05, 0.1) is 35.9 Å². The predicted molar refractivity (Wildman–Crippen MR) is 179 cm³/mol. The van der Waals surface area contributed by atoms with E-state index < -0.39 is 27.6 Å². The minimum Gasteiger partial charge on any atom is -0.497 e. The zero-order valence-electron chi connectivity index (χ0n) is 26.7. The van der Waals surface area contributed by atoms with E-state index in [4.69, 9.17) is 14.2 Å². The number of benzene rings is 5. The first-order valence-electron chi connectivity index (χ1n) is 15.1. The van der Waals surface area contributed by atoms with Crippen molar-refractivity contribution in [3.63, 3.8) is 0 Å². The zero-order chi connectivity index (χ0) is 35.5. The fraction of sp³-hybridized carbons (Fsp3) is 0.135. The molecule has 0 atom stereocenters. The van der Waals surface area contributed by atoms with Crippen molar-refractivity contribution in [1.82, 2.24) is 14.3 Å². The minimum absolute atomic E-state index is 0.000257. The largest absolute Gasteiger partial charge is 0.497 e. The van der Waals surface area contributed by atoms with Crippen molar-refractivity contribution in [3.05, 3.63) is 138 Å². The lowest BCUT2D eigenvalue weighted by molar-refractivity contribution is -0.136. The van der Waals surface area contributed by atoms with Gasteiger partial charge in [-0.2, -0.15) is 17.5 Å².